The molecular weight excluding hydrogens is 533 g/mol. The molecule has 3 aromatic carbocycles. The summed E-state index contributed by atoms with van der Waals surface area (Å²) in [7, 11) is -1.86. The third-order valence-corrected chi connectivity index (χ3v) is 8.43. The van der Waals surface area contributed by atoms with Crippen LogP contribution in [-0.2, 0) is 32.4 Å². The molecule has 1 N–H and O–H groups in total. The van der Waals surface area contributed by atoms with Crippen molar-refractivity contribution in [2.45, 2.75) is 51.6 Å². The molecule has 9 heteroatoms. The number of carbonyl (C=O) groups is 1. The molecule has 0 spiro atoms. The quantitative estimate of drug-likeness (QED) is 0.353. The molecule has 40 heavy (non-hydrogen) atoms. The van der Waals surface area contributed by atoms with Crippen LogP contribution in [-0.4, -0.2) is 40.9 Å². The van der Waals surface area contributed by atoms with Crippen LogP contribution < -0.4 is 14.2 Å². The third kappa shape index (κ3) is 5.86. The van der Waals surface area contributed by atoms with Crippen molar-refractivity contribution >= 4 is 16.0 Å². The van der Waals surface area contributed by atoms with Gasteiger partial charge in [0.25, 0.3) is 0 Å². The lowest BCUT2D eigenvalue weighted by atomic mass is 9.88. The molecule has 5 rings (SSSR count). The molecule has 2 aliphatic rings. The number of ether oxygens (including phenoxy) is 3. The van der Waals surface area contributed by atoms with Crippen LogP contribution in [0.25, 0.3) is 11.1 Å². The van der Waals surface area contributed by atoms with Gasteiger partial charge in [0.15, 0.2) is 0 Å². The molecule has 3 aromatic rings. The van der Waals surface area contributed by atoms with Crippen LogP contribution in [0.4, 0.5) is 4.39 Å². The fourth-order valence-electron chi connectivity index (χ4n) is 5.98. The molecule has 0 saturated heterocycles. The highest BCUT2D eigenvalue weighted by molar-refractivity contribution is 7.88. The van der Waals surface area contributed by atoms with Crippen molar-refractivity contribution in [3.05, 3.63) is 81.7 Å². The van der Waals surface area contributed by atoms with E-state index in [0.717, 1.165) is 45.2 Å². The lowest BCUT2D eigenvalue weighted by molar-refractivity contribution is -0.141. The summed E-state index contributed by atoms with van der Waals surface area (Å²) >= 11 is 0. The van der Waals surface area contributed by atoms with Crippen LogP contribution in [0.3, 0.4) is 0 Å². The first-order chi connectivity index (χ1) is 19.0. The van der Waals surface area contributed by atoms with Crippen LogP contribution in [0.2, 0.25) is 0 Å². The Morgan fingerprint density at radius 1 is 1.12 bits per heavy atom. The van der Waals surface area contributed by atoms with Crippen LogP contribution in [0.5, 0.6) is 11.5 Å². The number of sulfonamides is 1. The minimum atomic E-state index is -3.24. The van der Waals surface area contributed by atoms with E-state index in [-0.39, 0.29) is 24.1 Å². The van der Waals surface area contributed by atoms with Gasteiger partial charge < -0.3 is 14.2 Å². The minimum absolute atomic E-state index is 0.0578. The van der Waals surface area contributed by atoms with Crippen LogP contribution in [0.15, 0.2) is 42.5 Å². The number of halogens is 1. The molecule has 212 valence electrons. The Morgan fingerprint density at radius 2 is 1.88 bits per heavy atom. The van der Waals surface area contributed by atoms with E-state index >= 15 is 4.39 Å². The molecule has 7 nitrogen and oxygen atoms in total. The van der Waals surface area contributed by atoms with E-state index in [1.54, 1.807) is 0 Å². The number of benzene rings is 3. The number of fused-ring (bicyclic) bond motifs is 2. The summed E-state index contributed by atoms with van der Waals surface area (Å²) in [5, 5.41) is 0. The second-order valence-electron chi connectivity index (χ2n) is 10.6. The zero-order valence-corrected chi connectivity index (χ0v) is 24.0. The number of carbonyl (C=O) groups excluding carboxylic acids is 1. The number of rotatable bonds is 9. The van der Waals surface area contributed by atoms with Gasteiger partial charge in [-0.05, 0) is 78.6 Å². The smallest absolute Gasteiger partial charge is 0.306 e. The van der Waals surface area contributed by atoms with Crippen molar-refractivity contribution in [1.82, 2.24) is 4.72 Å². The number of nitrogens with one attached hydrogen (secondary N) is 1. The van der Waals surface area contributed by atoms with Gasteiger partial charge in [-0.3, -0.25) is 4.79 Å². The molecule has 0 bridgehead atoms. The highest BCUT2D eigenvalue weighted by atomic mass is 32.2. The van der Waals surface area contributed by atoms with Crippen molar-refractivity contribution < 1.29 is 31.8 Å². The molecule has 0 saturated carbocycles. The second-order valence-corrected chi connectivity index (χ2v) is 12.5. The molecule has 0 amide bonds. The van der Waals surface area contributed by atoms with Gasteiger partial charge in [-0.2, -0.15) is 0 Å². The van der Waals surface area contributed by atoms with Crippen LogP contribution in [0, 0.1) is 19.7 Å². The molecule has 0 fully saturated rings. The summed E-state index contributed by atoms with van der Waals surface area (Å²) < 4.78 is 57.5. The number of aryl methyl sites for hydroxylation is 2. The predicted molar refractivity (Wildman–Crippen MR) is 151 cm³/mol. The van der Waals surface area contributed by atoms with Crippen molar-refractivity contribution in [3.63, 3.8) is 0 Å². The average Bonchev–Trinajstić information content (AvgIpc) is 3.49. The average molecular weight is 568 g/mol. The van der Waals surface area contributed by atoms with Crippen LogP contribution >= 0.6 is 0 Å². The Labute approximate surface area is 234 Å². The zero-order chi connectivity index (χ0) is 28.6. The first-order valence-electron chi connectivity index (χ1n) is 13.4. The molecule has 0 unspecified atom stereocenters. The lowest BCUT2D eigenvalue weighted by Gasteiger charge is -2.19. The Hall–Kier alpha value is -3.43. The summed E-state index contributed by atoms with van der Waals surface area (Å²) in [5.41, 5.74) is 7.72. The highest BCUT2D eigenvalue weighted by Crippen LogP contribution is 2.45. The SMILES string of the molecule is COC(=O)C[C@@H]1COc2cc(O[C@@H]3CCc4c(-c5c(C)cc(CCNS(C)(=O)=O)cc5C)ccc(F)c43)ccc21. The number of hydrogen-bond acceptors (Lipinski definition) is 6. The van der Waals surface area contributed by atoms with Gasteiger partial charge in [0.05, 0.1) is 26.4 Å². The standard InChI is InChI=1S/C31H34FNO6S/c1-18-13-20(11-12-33-40(4,35)36)14-19(2)30(18)24-7-9-26(32)31-25(24)8-10-27(31)39-22-5-6-23-21(15-29(34)37-3)17-38-28(23)16-22/h5-7,9,13-14,16,21,27,33H,8,10-12,15,17H2,1-4H3/t21-,27-/m1/s1. The molecule has 0 aromatic heterocycles. The maximum Gasteiger partial charge on any atom is 0.306 e. The van der Waals surface area contributed by atoms with Gasteiger partial charge in [0.2, 0.25) is 10.0 Å². The summed E-state index contributed by atoms with van der Waals surface area (Å²) in [6.45, 7) is 4.81. The second kappa shape index (κ2) is 11.2. The van der Waals surface area contributed by atoms with E-state index in [4.69, 9.17) is 14.2 Å². The van der Waals surface area contributed by atoms with Crippen LogP contribution in [0.1, 0.15) is 58.2 Å². The van der Waals surface area contributed by atoms with Gasteiger partial charge >= 0.3 is 5.97 Å². The maximum atomic E-state index is 15.3. The van der Waals surface area contributed by atoms with E-state index in [0.29, 0.717) is 49.5 Å². The molecular formula is C31H34FNO6S. The zero-order valence-electron chi connectivity index (χ0n) is 23.2. The third-order valence-electron chi connectivity index (χ3n) is 7.71. The van der Waals surface area contributed by atoms with E-state index in [1.807, 2.05) is 38.1 Å². The summed E-state index contributed by atoms with van der Waals surface area (Å²) in [5.74, 6) is 0.657. The first kappa shape index (κ1) is 28.1. The number of hydrogen-bond donors (Lipinski definition) is 1. The number of esters is 1. The fraction of sp³-hybridized carbons (Fsp3) is 0.387. The molecule has 2 atom stereocenters. The summed E-state index contributed by atoms with van der Waals surface area (Å²) in [4.78, 5) is 11.7. The number of methoxy groups -OCH3 is 1. The van der Waals surface area contributed by atoms with Crippen molar-refractivity contribution in [2.75, 3.05) is 26.5 Å². The van der Waals surface area contributed by atoms with Crippen molar-refractivity contribution in [3.8, 4) is 22.6 Å². The Balaban J connectivity index is 1.38. The fourth-order valence-corrected chi connectivity index (χ4v) is 6.45. The van der Waals surface area contributed by atoms with Gasteiger partial charge in [-0.15, -0.1) is 0 Å². The molecule has 1 aliphatic carbocycles. The van der Waals surface area contributed by atoms with E-state index in [9.17, 15) is 13.2 Å². The van der Waals surface area contributed by atoms with Crippen molar-refractivity contribution in [1.29, 1.82) is 0 Å². The van der Waals surface area contributed by atoms with Gasteiger partial charge in [0, 0.05) is 29.7 Å². The van der Waals surface area contributed by atoms with Crippen molar-refractivity contribution in [2.24, 2.45) is 0 Å². The Kier molecular flexibility index (Phi) is 7.88. The topological polar surface area (TPSA) is 90.9 Å². The van der Waals surface area contributed by atoms with Gasteiger partial charge in [0.1, 0.15) is 23.4 Å². The largest absolute Gasteiger partial charge is 0.492 e. The monoisotopic (exact) mass is 567 g/mol. The lowest BCUT2D eigenvalue weighted by Crippen LogP contribution is -2.24. The highest BCUT2D eigenvalue weighted by Gasteiger charge is 2.32. The molecule has 0 radical (unpaired) electrons. The summed E-state index contributed by atoms with van der Waals surface area (Å²) in [6, 6.07) is 13.1. The van der Waals surface area contributed by atoms with Gasteiger partial charge in [-0.25, -0.2) is 17.5 Å². The summed E-state index contributed by atoms with van der Waals surface area (Å²) in [6.07, 6.45) is 2.90. The Bertz CT molecular complexity index is 1550. The van der Waals surface area contributed by atoms with E-state index < -0.39 is 16.1 Å². The molecule has 1 heterocycles. The normalized spacial score (nSPS) is 17.7. The Morgan fingerprint density at radius 3 is 2.58 bits per heavy atom. The minimum Gasteiger partial charge on any atom is -0.492 e. The van der Waals surface area contributed by atoms with E-state index in [1.165, 1.54) is 13.2 Å². The first-order valence-corrected chi connectivity index (χ1v) is 15.3. The molecule has 1 aliphatic heterocycles. The van der Waals surface area contributed by atoms with Gasteiger partial charge in [-0.1, -0.05) is 24.3 Å². The van der Waals surface area contributed by atoms with E-state index in [2.05, 4.69) is 16.9 Å². The predicted octanol–water partition coefficient (Wildman–Crippen LogP) is 5.31. The maximum absolute atomic E-state index is 15.3.